The Morgan fingerprint density at radius 2 is 2.57 bits per heavy atom. The molecule has 0 saturated heterocycles. The first-order chi connectivity index (χ1) is 3.30. The molecule has 1 nitrogen and oxygen atoms in total. The highest BCUT2D eigenvalue weighted by Crippen LogP contribution is 2.37. The molecule has 0 amide bonds. The molecular weight excluding hydrogens is 107 g/mol. The van der Waals surface area contributed by atoms with Crippen LogP contribution in [-0.4, -0.2) is 6.16 Å². The van der Waals surface area contributed by atoms with E-state index in [9.17, 15) is 4.57 Å². The fourth-order valence-corrected chi connectivity index (χ4v) is 1.72. The summed E-state index contributed by atoms with van der Waals surface area (Å²) in [4.78, 5) is 0. The predicted octanol–water partition coefficient (Wildman–Crippen LogP) is 2.12. The van der Waals surface area contributed by atoms with Crippen LogP contribution in [0.4, 0.5) is 0 Å². The zero-order valence-corrected chi connectivity index (χ0v) is 5.24. The molecule has 0 radical (unpaired) electrons. The van der Waals surface area contributed by atoms with Gasteiger partial charge in [-0.05, 0) is 6.08 Å². The first-order valence-corrected chi connectivity index (χ1v) is 3.86. The van der Waals surface area contributed by atoms with Crippen molar-refractivity contribution >= 4 is 7.80 Å². The average molecular weight is 115 g/mol. The maximum absolute atomic E-state index is 10.7. The molecule has 0 fully saturated rings. The van der Waals surface area contributed by atoms with Gasteiger partial charge in [-0.3, -0.25) is 0 Å². The quantitative estimate of drug-likeness (QED) is 0.442. The summed E-state index contributed by atoms with van der Waals surface area (Å²) in [6, 6.07) is 0. The lowest BCUT2D eigenvalue weighted by Crippen LogP contribution is -1.59. The van der Waals surface area contributed by atoms with Gasteiger partial charge in [-0.15, -0.1) is 0 Å². The zero-order valence-electron chi connectivity index (χ0n) is 4.35. The molecule has 0 aromatic carbocycles. The van der Waals surface area contributed by atoms with Gasteiger partial charge < -0.3 is 0 Å². The molecule has 0 spiro atoms. The van der Waals surface area contributed by atoms with Crippen LogP contribution >= 0.6 is 7.80 Å². The summed E-state index contributed by atoms with van der Waals surface area (Å²) in [5, 5.41) is 1.09. The van der Waals surface area contributed by atoms with E-state index in [4.69, 9.17) is 0 Å². The molecule has 0 aromatic heterocycles. The molecule has 38 valence electrons. The fourth-order valence-electron chi connectivity index (χ4n) is 0.669. The van der Waals surface area contributed by atoms with Crippen LogP contribution in [0, 0.1) is 0 Å². The maximum Gasteiger partial charge on any atom is 0.372 e. The van der Waals surface area contributed by atoms with Gasteiger partial charge in [0, 0.05) is 13.3 Å². The zero-order chi connectivity index (χ0) is 5.28. The Hall–Kier alpha value is -0.160. The summed E-state index contributed by atoms with van der Waals surface area (Å²) in [7, 11) is -0.915. The van der Waals surface area contributed by atoms with Gasteiger partial charge in [0.25, 0.3) is 0 Å². The van der Waals surface area contributed by atoms with E-state index in [1.54, 1.807) is 0 Å². The van der Waals surface area contributed by atoms with Gasteiger partial charge in [0.05, 0.1) is 0 Å². The van der Waals surface area contributed by atoms with E-state index >= 15 is 0 Å². The van der Waals surface area contributed by atoms with Gasteiger partial charge in [-0.2, -0.15) is 0 Å². The second-order valence-electron chi connectivity index (χ2n) is 1.74. The van der Waals surface area contributed by atoms with Crippen molar-refractivity contribution in [2.45, 2.75) is 13.3 Å². The molecule has 0 N–H and O–H groups in total. The summed E-state index contributed by atoms with van der Waals surface area (Å²) in [5.74, 6) is 0. The van der Waals surface area contributed by atoms with Crippen molar-refractivity contribution in [3.8, 4) is 0 Å². The van der Waals surface area contributed by atoms with Crippen LogP contribution in [0.3, 0.4) is 0 Å². The lowest BCUT2D eigenvalue weighted by Gasteiger charge is -1.64. The van der Waals surface area contributed by atoms with Crippen LogP contribution in [0.2, 0.25) is 0 Å². The maximum atomic E-state index is 10.7. The first-order valence-electron chi connectivity index (χ1n) is 2.42. The standard InChI is InChI=1S/C5H8OP/c1-5-3-2-4-7(5)6/h3H,2,4H2,1H3/q+1. The van der Waals surface area contributed by atoms with Gasteiger partial charge in [0.1, 0.15) is 0 Å². The summed E-state index contributed by atoms with van der Waals surface area (Å²) in [5.41, 5.74) is 0. The second-order valence-corrected chi connectivity index (χ2v) is 3.65. The normalized spacial score (nSPS) is 25.3. The minimum Gasteiger partial charge on any atom is -0.0685 e. The van der Waals surface area contributed by atoms with Gasteiger partial charge in [-0.25, -0.2) is 0 Å². The molecule has 0 aromatic rings. The summed E-state index contributed by atoms with van der Waals surface area (Å²) >= 11 is 0. The van der Waals surface area contributed by atoms with Crippen LogP contribution in [0.5, 0.6) is 0 Å². The Morgan fingerprint density at radius 1 is 1.86 bits per heavy atom. The highest BCUT2D eigenvalue weighted by molar-refractivity contribution is 7.49. The van der Waals surface area contributed by atoms with Gasteiger partial charge in [-0.1, -0.05) is 4.57 Å². The summed E-state index contributed by atoms with van der Waals surface area (Å²) in [6.45, 7) is 1.94. The van der Waals surface area contributed by atoms with E-state index in [1.807, 2.05) is 6.92 Å². The molecule has 1 unspecified atom stereocenters. The van der Waals surface area contributed by atoms with Crippen molar-refractivity contribution < 1.29 is 4.57 Å². The molecule has 0 bridgehead atoms. The van der Waals surface area contributed by atoms with Crippen molar-refractivity contribution in [1.29, 1.82) is 0 Å². The van der Waals surface area contributed by atoms with E-state index in [-0.39, 0.29) is 0 Å². The highest BCUT2D eigenvalue weighted by atomic mass is 31.1. The summed E-state index contributed by atoms with van der Waals surface area (Å²) < 4.78 is 10.7. The second kappa shape index (κ2) is 1.75. The minimum atomic E-state index is -0.915. The van der Waals surface area contributed by atoms with Crippen LogP contribution < -0.4 is 0 Å². The van der Waals surface area contributed by atoms with Gasteiger partial charge in [0.15, 0.2) is 11.5 Å². The van der Waals surface area contributed by atoms with E-state index in [0.717, 1.165) is 17.9 Å². The van der Waals surface area contributed by atoms with Crippen molar-refractivity contribution in [2.75, 3.05) is 6.16 Å². The van der Waals surface area contributed by atoms with E-state index in [1.165, 1.54) is 0 Å². The lowest BCUT2D eigenvalue weighted by atomic mass is 10.4. The molecule has 1 atom stereocenters. The first kappa shape index (κ1) is 4.99. The third-order valence-corrected chi connectivity index (χ3v) is 2.80. The molecule has 1 heterocycles. The monoisotopic (exact) mass is 115 g/mol. The van der Waals surface area contributed by atoms with Crippen LogP contribution in [0.15, 0.2) is 11.4 Å². The summed E-state index contributed by atoms with van der Waals surface area (Å²) in [6.07, 6.45) is 3.97. The van der Waals surface area contributed by atoms with E-state index in [0.29, 0.717) is 0 Å². The topological polar surface area (TPSA) is 17.1 Å². The molecule has 1 rings (SSSR count). The average Bonchev–Trinajstić information content (AvgIpc) is 1.91. The Balaban J connectivity index is 2.72. The Labute approximate surface area is 44.2 Å². The third-order valence-electron chi connectivity index (χ3n) is 1.17. The number of rotatable bonds is 0. The molecule has 1 aliphatic rings. The molecule has 7 heavy (non-hydrogen) atoms. The fraction of sp³-hybridized carbons (Fsp3) is 0.600. The number of allylic oxidation sites excluding steroid dienone is 2. The van der Waals surface area contributed by atoms with Crippen molar-refractivity contribution in [3.63, 3.8) is 0 Å². The Kier molecular flexibility index (Phi) is 1.25. The molecular formula is C5H8OP+. The highest BCUT2D eigenvalue weighted by Gasteiger charge is 2.22. The van der Waals surface area contributed by atoms with E-state index < -0.39 is 7.80 Å². The van der Waals surface area contributed by atoms with Crippen LogP contribution in [-0.2, 0) is 4.57 Å². The van der Waals surface area contributed by atoms with E-state index in [2.05, 4.69) is 6.08 Å². The molecule has 2 heteroatoms. The lowest BCUT2D eigenvalue weighted by molar-refractivity contribution is 0.592. The van der Waals surface area contributed by atoms with Crippen LogP contribution in [0.1, 0.15) is 13.3 Å². The predicted molar refractivity (Wildman–Crippen MR) is 30.8 cm³/mol. The van der Waals surface area contributed by atoms with Crippen LogP contribution in [0.25, 0.3) is 0 Å². The third kappa shape index (κ3) is 0.889. The minimum absolute atomic E-state index is 0.890. The molecule has 1 aliphatic heterocycles. The Morgan fingerprint density at radius 3 is 2.71 bits per heavy atom. The molecule has 0 saturated carbocycles. The molecule has 0 aliphatic carbocycles. The Bertz CT molecular complexity index is 126. The smallest absolute Gasteiger partial charge is 0.0685 e. The SMILES string of the molecule is CC1=CCC[P+]1=O. The number of hydrogen-bond acceptors (Lipinski definition) is 1. The van der Waals surface area contributed by atoms with Crippen molar-refractivity contribution in [2.24, 2.45) is 0 Å². The largest absolute Gasteiger partial charge is 0.372 e. The van der Waals surface area contributed by atoms with Crippen molar-refractivity contribution in [3.05, 3.63) is 11.4 Å². The van der Waals surface area contributed by atoms with Gasteiger partial charge in [0.2, 0.25) is 0 Å². The van der Waals surface area contributed by atoms with Gasteiger partial charge >= 0.3 is 7.80 Å². The van der Waals surface area contributed by atoms with Crippen molar-refractivity contribution in [1.82, 2.24) is 0 Å². The number of hydrogen-bond donors (Lipinski definition) is 0.